The summed E-state index contributed by atoms with van der Waals surface area (Å²) in [7, 11) is 0. The van der Waals surface area contributed by atoms with E-state index in [9.17, 15) is 9.18 Å². The zero-order valence-electron chi connectivity index (χ0n) is 17.9. The number of carbonyl (C=O) groups is 1. The van der Waals surface area contributed by atoms with Gasteiger partial charge in [0.15, 0.2) is 0 Å². The topological polar surface area (TPSA) is 64.4 Å². The number of nitrogens with one attached hydrogen (secondary N) is 1. The van der Waals surface area contributed by atoms with Crippen LogP contribution in [0.4, 0.5) is 4.39 Å². The summed E-state index contributed by atoms with van der Waals surface area (Å²) in [6, 6.07) is 20.9. The van der Waals surface area contributed by atoms with Crippen LogP contribution in [-0.2, 0) is 13.2 Å². The molecule has 0 bridgehead atoms. The Balaban J connectivity index is 1.38. The zero-order chi connectivity index (χ0) is 22.5. The zero-order valence-corrected chi connectivity index (χ0v) is 17.9. The lowest BCUT2D eigenvalue weighted by molar-refractivity contribution is 0.0951. The SMILES string of the molecule is Cc1ccc(OCc2nc(-c3ccc(C(=O)NCc4ccc(F)cc4)cc3)oc2C)cc1. The molecule has 162 valence electrons. The Morgan fingerprint density at radius 1 is 0.969 bits per heavy atom. The third-order valence-corrected chi connectivity index (χ3v) is 5.05. The lowest BCUT2D eigenvalue weighted by Gasteiger charge is -2.06. The maximum atomic E-state index is 13.0. The molecule has 0 atom stereocenters. The van der Waals surface area contributed by atoms with Crippen molar-refractivity contribution in [2.45, 2.75) is 27.0 Å². The van der Waals surface area contributed by atoms with Gasteiger partial charge in [0.25, 0.3) is 5.91 Å². The molecule has 5 nitrogen and oxygen atoms in total. The number of nitrogens with zero attached hydrogens (tertiary/aromatic N) is 1. The van der Waals surface area contributed by atoms with Crippen molar-refractivity contribution in [2.24, 2.45) is 0 Å². The predicted molar refractivity (Wildman–Crippen MR) is 120 cm³/mol. The van der Waals surface area contributed by atoms with Crippen LogP contribution in [0.5, 0.6) is 5.75 Å². The number of aryl methyl sites for hydroxylation is 2. The fraction of sp³-hybridized carbons (Fsp3) is 0.154. The van der Waals surface area contributed by atoms with Crippen LogP contribution in [0, 0.1) is 19.7 Å². The predicted octanol–water partition coefficient (Wildman–Crippen LogP) is 5.61. The molecule has 3 aromatic carbocycles. The summed E-state index contributed by atoms with van der Waals surface area (Å²) in [5.74, 6) is 1.42. The molecule has 1 N–H and O–H groups in total. The second-order valence-corrected chi connectivity index (χ2v) is 7.51. The van der Waals surface area contributed by atoms with Gasteiger partial charge in [0.2, 0.25) is 5.89 Å². The molecule has 0 aliphatic carbocycles. The fourth-order valence-corrected chi connectivity index (χ4v) is 3.12. The van der Waals surface area contributed by atoms with E-state index in [1.54, 1.807) is 36.4 Å². The molecule has 0 aliphatic rings. The smallest absolute Gasteiger partial charge is 0.251 e. The summed E-state index contributed by atoms with van der Waals surface area (Å²) in [5.41, 5.74) is 4.00. The molecule has 0 fully saturated rings. The summed E-state index contributed by atoms with van der Waals surface area (Å²) >= 11 is 0. The number of hydrogen-bond donors (Lipinski definition) is 1. The number of benzene rings is 3. The van der Waals surface area contributed by atoms with Gasteiger partial charge in [-0.05, 0) is 67.9 Å². The van der Waals surface area contributed by atoms with E-state index in [2.05, 4.69) is 10.3 Å². The summed E-state index contributed by atoms with van der Waals surface area (Å²) in [6.07, 6.45) is 0. The largest absolute Gasteiger partial charge is 0.487 e. The molecule has 6 heteroatoms. The minimum atomic E-state index is -0.303. The van der Waals surface area contributed by atoms with Gasteiger partial charge in [-0.2, -0.15) is 0 Å². The van der Waals surface area contributed by atoms with Crippen molar-refractivity contribution in [2.75, 3.05) is 0 Å². The number of carbonyl (C=O) groups excluding carboxylic acids is 1. The van der Waals surface area contributed by atoms with E-state index in [1.165, 1.54) is 17.7 Å². The number of aromatic nitrogens is 1. The molecule has 0 aliphatic heterocycles. The van der Waals surface area contributed by atoms with Crippen LogP contribution >= 0.6 is 0 Å². The third-order valence-electron chi connectivity index (χ3n) is 5.05. The molecule has 1 heterocycles. The van der Waals surface area contributed by atoms with Gasteiger partial charge in [0, 0.05) is 17.7 Å². The van der Waals surface area contributed by atoms with Crippen LogP contribution in [0.25, 0.3) is 11.5 Å². The molecule has 1 amide bonds. The Morgan fingerprint density at radius 3 is 2.34 bits per heavy atom. The normalized spacial score (nSPS) is 10.7. The Bertz CT molecular complexity index is 1200. The molecular weight excluding hydrogens is 407 g/mol. The van der Waals surface area contributed by atoms with Gasteiger partial charge in [0.1, 0.15) is 29.6 Å². The van der Waals surface area contributed by atoms with Crippen LogP contribution in [-0.4, -0.2) is 10.9 Å². The highest BCUT2D eigenvalue weighted by Crippen LogP contribution is 2.23. The first kappa shape index (κ1) is 21.3. The molecule has 4 rings (SSSR count). The van der Waals surface area contributed by atoms with E-state index in [0.29, 0.717) is 30.4 Å². The second kappa shape index (κ2) is 9.47. The molecule has 0 saturated heterocycles. The molecule has 4 aromatic rings. The molecule has 1 aromatic heterocycles. The van der Waals surface area contributed by atoms with E-state index in [-0.39, 0.29) is 11.7 Å². The van der Waals surface area contributed by atoms with E-state index in [4.69, 9.17) is 9.15 Å². The Kier molecular flexibility index (Phi) is 6.31. The van der Waals surface area contributed by atoms with E-state index < -0.39 is 0 Å². The number of rotatable bonds is 7. The highest BCUT2D eigenvalue weighted by atomic mass is 19.1. The van der Waals surface area contributed by atoms with Gasteiger partial charge < -0.3 is 14.5 Å². The number of amides is 1. The van der Waals surface area contributed by atoms with Gasteiger partial charge in [-0.1, -0.05) is 29.8 Å². The van der Waals surface area contributed by atoms with Crippen molar-refractivity contribution in [3.05, 3.63) is 107 Å². The van der Waals surface area contributed by atoms with Crippen molar-refractivity contribution >= 4 is 5.91 Å². The fourth-order valence-electron chi connectivity index (χ4n) is 3.12. The number of oxazole rings is 1. The summed E-state index contributed by atoms with van der Waals surface area (Å²) in [5, 5.41) is 2.83. The summed E-state index contributed by atoms with van der Waals surface area (Å²) < 4.78 is 24.6. The maximum Gasteiger partial charge on any atom is 0.251 e. The lowest BCUT2D eigenvalue weighted by atomic mass is 10.1. The average molecular weight is 430 g/mol. The van der Waals surface area contributed by atoms with Crippen molar-refractivity contribution in [1.82, 2.24) is 10.3 Å². The molecule has 32 heavy (non-hydrogen) atoms. The van der Waals surface area contributed by atoms with Crippen molar-refractivity contribution in [1.29, 1.82) is 0 Å². The van der Waals surface area contributed by atoms with Gasteiger partial charge in [0.05, 0.1) is 0 Å². The van der Waals surface area contributed by atoms with Crippen molar-refractivity contribution < 1.29 is 18.3 Å². The van der Waals surface area contributed by atoms with Crippen LogP contribution in [0.3, 0.4) is 0 Å². The lowest BCUT2D eigenvalue weighted by Crippen LogP contribution is -2.22. The number of halogens is 1. The van der Waals surface area contributed by atoms with Crippen molar-refractivity contribution in [3.63, 3.8) is 0 Å². The number of hydrogen-bond acceptors (Lipinski definition) is 4. The average Bonchev–Trinajstić information content (AvgIpc) is 3.18. The van der Waals surface area contributed by atoms with Gasteiger partial charge in [-0.15, -0.1) is 0 Å². The maximum absolute atomic E-state index is 13.0. The van der Waals surface area contributed by atoms with Crippen LogP contribution in [0.15, 0.2) is 77.2 Å². The summed E-state index contributed by atoms with van der Waals surface area (Å²) in [4.78, 5) is 16.9. The van der Waals surface area contributed by atoms with Crippen LogP contribution in [0.1, 0.15) is 32.9 Å². The first-order chi connectivity index (χ1) is 15.5. The monoisotopic (exact) mass is 430 g/mol. The molecule has 0 spiro atoms. The second-order valence-electron chi connectivity index (χ2n) is 7.51. The molecule has 0 saturated carbocycles. The Hall–Kier alpha value is -3.93. The minimum Gasteiger partial charge on any atom is -0.487 e. The third kappa shape index (κ3) is 5.21. The van der Waals surface area contributed by atoms with Gasteiger partial charge in [-0.3, -0.25) is 4.79 Å². The first-order valence-electron chi connectivity index (χ1n) is 10.3. The highest BCUT2D eigenvalue weighted by Gasteiger charge is 2.13. The quantitative estimate of drug-likeness (QED) is 0.414. The first-order valence-corrected chi connectivity index (χ1v) is 10.3. The van der Waals surface area contributed by atoms with E-state index >= 15 is 0 Å². The van der Waals surface area contributed by atoms with E-state index in [0.717, 1.165) is 22.6 Å². The highest BCUT2D eigenvalue weighted by molar-refractivity contribution is 5.94. The molecule has 0 unspecified atom stereocenters. The minimum absolute atomic E-state index is 0.211. The van der Waals surface area contributed by atoms with Crippen molar-refractivity contribution in [3.8, 4) is 17.2 Å². The van der Waals surface area contributed by atoms with Gasteiger partial charge >= 0.3 is 0 Å². The van der Waals surface area contributed by atoms with Crippen LogP contribution < -0.4 is 10.1 Å². The Morgan fingerprint density at radius 2 is 1.66 bits per heavy atom. The molecular formula is C26H23FN2O3. The number of ether oxygens (including phenoxy) is 1. The standard InChI is InChI=1S/C26H23FN2O3/c1-17-3-13-23(14-4-17)31-16-24-18(2)32-26(29-24)21-9-7-20(8-10-21)25(30)28-15-19-5-11-22(27)12-6-19/h3-14H,15-16H2,1-2H3,(H,28,30). The van der Waals surface area contributed by atoms with E-state index in [1.807, 2.05) is 38.1 Å². The Labute approximate surface area is 185 Å². The van der Waals surface area contributed by atoms with Crippen LogP contribution in [0.2, 0.25) is 0 Å². The molecule has 0 radical (unpaired) electrons. The van der Waals surface area contributed by atoms with Gasteiger partial charge in [-0.25, -0.2) is 9.37 Å². The summed E-state index contributed by atoms with van der Waals surface area (Å²) in [6.45, 7) is 4.51.